The van der Waals surface area contributed by atoms with Gasteiger partial charge in [0.15, 0.2) is 5.78 Å². The van der Waals surface area contributed by atoms with E-state index in [9.17, 15) is 4.79 Å². The van der Waals surface area contributed by atoms with Gasteiger partial charge < -0.3 is 10.5 Å². The highest BCUT2D eigenvalue weighted by Crippen LogP contribution is 2.18. The zero-order chi connectivity index (χ0) is 12.1. The van der Waals surface area contributed by atoms with Gasteiger partial charge in [0.2, 0.25) is 0 Å². The molecule has 0 aliphatic heterocycles. The number of hydrogen-bond acceptors (Lipinski definition) is 4. The number of methoxy groups -OCH3 is 1. The lowest BCUT2D eigenvalue weighted by Crippen LogP contribution is -2.11. The molecule has 0 radical (unpaired) electrons. The van der Waals surface area contributed by atoms with Crippen molar-refractivity contribution in [3.8, 4) is 5.75 Å². The fraction of sp³-hybridized carbons (Fsp3) is 0.333. The third-order valence-corrected chi connectivity index (χ3v) is 2.20. The number of aromatic nitrogens is 1. The van der Waals surface area contributed by atoms with Gasteiger partial charge in [-0.15, -0.1) is 0 Å². The molecule has 1 aromatic heterocycles. The standard InChI is InChI=1S/C12H16N2O2/c1-8(2)12(15)10(6-13)11-5-4-9(16-3)7-14-11/h4-8H,13H2,1-3H3. The van der Waals surface area contributed by atoms with E-state index in [0.29, 0.717) is 17.0 Å². The van der Waals surface area contributed by atoms with Crippen LogP contribution < -0.4 is 10.5 Å². The van der Waals surface area contributed by atoms with Crippen molar-refractivity contribution >= 4 is 11.4 Å². The molecule has 4 nitrogen and oxygen atoms in total. The van der Waals surface area contributed by atoms with Crippen LogP contribution >= 0.6 is 0 Å². The van der Waals surface area contributed by atoms with Gasteiger partial charge in [-0.25, -0.2) is 0 Å². The van der Waals surface area contributed by atoms with E-state index in [1.165, 1.54) is 6.20 Å². The number of nitrogens with two attached hydrogens (primary N) is 1. The van der Waals surface area contributed by atoms with E-state index in [4.69, 9.17) is 10.5 Å². The van der Waals surface area contributed by atoms with Gasteiger partial charge in [-0.3, -0.25) is 9.78 Å². The Labute approximate surface area is 95.1 Å². The lowest BCUT2D eigenvalue weighted by molar-refractivity contribution is -0.116. The molecule has 0 fully saturated rings. The number of ether oxygens (including phenoxy) is 1. The summed E-state index contributed by atoms with van der Waals surface area (Å²) in [5.74, 6) is 0.538. The summed E-state index contributed by atoms with van der Waals surface area (Å²) >= 11 is 0. The average Bonchev–Trinajstić information content (AvgIpc) is 2.30. The molecule has 16 heavy (non-hydrogen) atoms. The number of carbonyl (C=O) groups is 1. The zero-order valence-corrected chi connectivity index (χ0v) is 9.73. The Balaban J connectivity index is 3.01. The quantitative estimate of drug-likeness (QED) is 0.783. The number of Topliss-reactive ketones (excluding diaryl/α,β-unsaturated/α-hetero) is 1. The fourth-order valence-corrected chi connectivity index (χ4v) is 1.27. The number of nitrogens with zero attached hydrogens (tertiary/aromatic N) is 1. The molecule has 0 bridgehead atoms. The predicted molar refractivity (Wildman–Crippen MR) is 62.8 cm³/mol. The van der Waals surface area contributed by atoms with Crippen LogP contribution in [0, 0.1) is 5.92 Å². The minimum absolute atomic E-state index is 0.0137. The van der Waals surface area contributed by atoms with E-state index in [1.807, 2.05) is 13.8 Å². The Hall–Kier alpha value is -1.84. The number of carbonyl (C=O) groups excluding carboxylic acids is 1. The van der Waals surface area contributed by atoms with Crippen LogP contribution in [0.25, 0.3) is 5.57 Å². The van der Waals surface area contributed by atoms with Gasteiger partial charge >= 0.3 is 0 Å². The summed E-state index contributed by atoms with van der Waals surface area (Å²) in [5, 5.41) is 0. The summed E-state index contributed by atoms with van der Waals surface area (Å²) in [7, 11) is 1.57. The summed E-state index contributed by atoms with van der Waals surface area (Å²) in [6.45, 7) is 3.66. The fourth-order valence-electron chi connectivity index (χ4n) is 1.27. The molecule has 4 heteroatoms. The molecule has 0 saturated carbocycles. The van der Waals surface area contributed by atoms with E-state index >= 15 is 0 Å². The maximum absolute atomic E-state index is 11.8. The van der Waals surface area contributed by atoms with Gasteiger partial charge in [-0.05, 0) is 12.1 Å². The van der Waals surface area contributed by atoms with Gasteiger partial charge in [-0.2, -0.15) is 0 Å². The van der Waals surface area contributed by atoms with E-state index in [1.54, 1.807) is 25.4 Å². The van der Waals surface area contributed by atoms with Gasteiger partial charge in [0, 0.05) is 12.1 Å². The second-order valence-corrected chi connectivity index (χ2v) is 3.68. The van der Waals surface area contributed by atoms with Gasteiger partial charge in [0.1, 0.15) is 5.75 Å². The predicted octanol–water partition coefficient (Wildman–Crippen LogP) is 1.61. The first-order chi connectivity index (χ1) is 7.60. The molecule has 0 unspecified atom stereocenters. The number of allylic oxidation sites excluding steroid dienone is 1. The minimum atomic E-state index is -0.0984. The van der Waals surface area contributed by atoms with Crippen molar-refractivity contribution in [1.82, 2.24) is 4.98 Å². The summed E-state index contributed by atoms with van der Waals surface area (Å²) < 4.78 is 4.99. The SMILES string of the molecule is COc1ccc(C(=CN)C(=O)C(C)C)nc1. The first-order valence-electron chi connectivity index (χ1n) is 5.06. The maximum Gasteiger partial charge on any atom is 0.169 e. The first-order valence-corrected chi connectivity index (χ1v) is 5.06. The minimum Gasteiger partial charge on any atom is -0.495 e. The molecule has 2 N–H and O–H groups in total. The van der Waals surface area contributed by atoms with Crippen molar-refractivity contribution < 1.29 is 9.53 Å². The summed E-state index contributed by atoms with van der Waals surface area (Å²) in [6, 6.07) is 3.47. The van der Waals surface area contributed by atoms with Crippen molar-refractivity contribution in [2.75, 3.05) is 7.11 Å². The van der Waals surface area contributed by atoms with Crippen molar-refractivity contribution in [2.45, 2.75) is 13.8 Å². The van der Waals surface area contributed by atoms with Crippen LogP contribution in [0.1, 0.15) is 19.5 Å². The van der Waals surface area contributed by atoms with Crippen LogP contribution in [-0.2, 0) is 4.79 Å². The second-order valence-electron chi connectivity index (χ2n) is 3.68. The third-order valence-electron chi connectivity index (χ3n) is 2.20. The maximum atomic E-state index is 11.8. The first kappa shape index (κ1) is 12.2. The molecule has 0 atom stereocenters. The monoisotopic (exact) mass is 220 g/mol. The van der Waals surface area contributed by atoms with Crippen LogP contribution in [0.15, 0.2) is 24.5 Å². The molecule has 1 aromatic rings. The summed E-state index contributed by atoms with van der Waals surface area (Å²) in [4.78, 5) is 15.9. The normalized spacial score (nSPS) is 11.6. The Morgan fingerprint density at radius 3 is 2.56 bits per heavy atom. The van der Waals surface area contributed by atoms with Crippen LogP contribution in [0.3, 0.4) is 0 Å². The van der Waals surface area contributed by atoms with Crippen LogP contribution in [0.4, 0.5) is 0 Å². The molecule has 86 valence electrons. The molecule has 0 amide bonds. The second kappa shape index (κ2) is 5.30. The number of hydrogen-bond donors (Lipinski definition) is 1. The molecular weight excluding hydrogens is 204 g/mol. The van der Waals surface area contributed by atoms with Gasteiger partial charge in [0.25, 0.3) is 0 Å². The Morgan fingerprint density at radius 1 is 1.50 bits per heavy atom. The largest absolute Gasteiger partial charge is 0.495 e. The molecule has 0 aliphatic rings. The number of rotatable bonds is 4. The summed E-state index contributed by atoms with van der Waals surface area (Å²) in [5.41, 5.74) is 6.47. The highest BCUT2D eigenvalue weighted by Gasteiger charge is 2.16. The summed E-state index contributed by atoms with van der Waals surface area (Å²) in [6.07, 6.45) is 2.86. The van der Waals surface area contributed by atoms with E-state index in [0.717, 1.165) is 0 Å². The highest BCUT2D eigenvalue weighted by atomic mass is 16.5. The van der Waals surface area contributed by atoms with Crippen LogP contribution in [0.2, 0.25) is 0 Å². The molecule has 0 spiro atoms. The number of pyridine rings is 1. The molecule has 0 saturated heterocycles. The lowest BCUT2D eigenvalue weighted by atomic mass is 9.99. The van der Waals surface area contributed by atoms with Crippen molar-refractivity contribution in [3.63, 3.8) is 0 Å². The lowest BCUT2D eigenvalue weighted by Gasteiger charge is -2.08. The zero-order valence-electron chi connectivity index (χ0n) is 9.73. The average molecular weight is 220 g/mol. The van der Waals surface area contributed by atoms with Crippen molar-refractivity contribution in [2.24, 2.45) is 11.7 Å². The van der Waals surface area contributed by atoms with Gasteiger partial charge in [-0.1, -0.05) is 13.8 Å². The highest BCUT2D eigenvalue weighted by molar-refractivity contribution is 6.20. The Kier molecular flexibility index (Phi) is 4.05. The molecule has 0 aliphatic carbocycles. The molecular formula is C12H16N2O2. The van der Waals surface area contributed by atoms with E-state index in [-0.39, 0.29) is 11.7 Å². The Morgan fingerprint density at radius 2 is 2.19 bits per heavy atom. The van der Waals surface area contributed by atoms with Crippen molar-refractivity contribution in [3.05, 3.63) is 30.2 Å². The molecule has 1 heterocycles. The van der Waals surface area contributed by atoms with Crippen LogP contribution in [-0.4, -0.2) is 17.9 Å². The number of ketones is 1. The third kappa shape index (κ3) is 2.59. The topological polar surface area (TPSA) is 65.2 Å². The van der Waals surface area contributed by atoms with Crippen LogP contribution in [0.5, 0.6) is 5.75 Å². The smallest absolute Gasteiger partial charge is 0.169 e. The van der Waals surface area contributed by atoms with E-state index < -0.39 is 0 Å². The Bertz CT molecular complexity index is 394. The van der Waals surface area contributed by atoms with E-state index in [2.05, 4.69) is 4.98 Å². The molecule has 1 rings (SSSR count). The van der Waals surface area contributed by atoms with Gasteiger partial charge in [0.05, 0.1) is 24.6 Å². The van der Waals surface area contributed by atoms with Crippen molar-refractivity contribution in [1.29, 1.82) is 0 Å². The molecule has 0 aromatic carbocycles.